The zero-order valence-corrected chi connectivity index (χ0v) is 17.8. The SMILES string of the molecule is COc1cc(/C=C2\SC(=S)NC2=O)cc(Cl)c1OCCOc1ccccc1Cl. The maximum atomic E-state index is 11.8. The fraction of sp³-hybridized carbons (Fsp3) is 0.158. The van der Waals surface area contributed by atoms with E-state index in [9.17, 15) is 4.79 Å². The molecule has 28 heavy (non-hydrogen) atoms. The second-order valence-electron chi connectivity index (χ2n) is 5.51. The molecule has 3 rings (SSSR count). The average Bonchev–Trinajstić information content (AvgIpc) is 2.98. The number of rotatable bonds is 7. The minimum atomic E-state index is -0.234. The van der Waals surface area contributed by atoms with Gasteiger partial charge in [-0.3, -0.25) is 4.79 Å². The van der Waals surface area contributed by atoms with Crippen LogP contribution in [0.4, 0.5) is 0 Å². The molecular formula is C19H15Cl2NO4S2. The van der Waals surface area contributed by atoms with Crippen LogP contribution in [0.2, 0.25) is 10.0 Å². The summed E-state index contributed by atoms with van der Waals surface area (Å²) in [5.74, 6) is 1.19. The summed E-state index contributed by atoms with van der Waals surface area (Å²) in [6.07, 6.45) is 1.69. The number of para-hydroxylation sites is 1. The van der Waals surface area contributed by atoms with Gasteiger partial charge in [-0.2, -0.15) is 0 Å². The Bertz CT molecular complexity index is 950. The fourth-order valence-corrected chi connectivity index (χ4v) is 3.90. The third-order valence-electron chi connectivity index (χ3n) is 3.62. The van der Waals surface area contributed by atoms with E-state index in [0.717, 1.165) is 0 Å². The molecule has 1 saturated heterocycles. The van der Waals surface area contributed by atoms with Gasteiger partial charge in [-0.15, -0.1) is 0 Å². The van der Waals surface area contributed by atoms with Crippen LogP contribution in [-0.2, 0) is 4.79 Å². The molecule has 0 saturated carbocycles. The predicted molar refractivity (Wildman–Crippen MR) is 117 cm³/mol. The van der Waals surface area contributed by atoms with Gasteiger partial charge in [-0.25, -0.2) is 0 Å². The fourth-order valence-electron chi connectivity index (χ4n) is 2.39. The lowest BCUT2D eigenvalue weighted by molar-refractivity contribution is -0.115. The van der Waals surface area contributed by atoms with Crippen molar-refractivity contribution in [3.05, 3.63) is 56.9 Å². The first-order valence-electron chi connectivity index (χ1n) is 8.10. The number of nitrogens with one attached hydrogen (secondary N) is 1. The third kappa shape index (κ3) is 5.11. The molecule has 0 radical (unpaired) electrons. The van der Waals surface area contributed by atoms with Gasteiger partial charge in [0.15, 0.2) is 11.5 Å². The summed E-state index contributed by atoms with van der Waals surface area (Å²) in [5.41, 5.74) is 0.698. The Morgan fingerprint density at radius 1 is 1.11 bits per heavy atom. The molecule has 1 aliphatic rings. The minimum Gasteiger partial charge on any atom is -0.493 e. The van der Waals surface area contributed by atoms with E-state index in [4.69, 9.17) is 49.6 Å². The van der Waals surface area contributed by atoms with Gasteiger partial charge in [0.1, 0.15) is 23.3 Å². The van der Waals surface area contributed by atoms with Crippen molar-refractivity contribution >= 4 is 63.5 Å². The topological polar surface area (TPSA) is 56.8 Å². The molecule has 1 aliphatic heterocycles. The lowest BCUT2D eigenvalue weighted by atomic mass is 10.2. The van der Waals surface area contributed by atoms with E-state index in [0.29, 0.717) is 42.1 Å². The largest absolute Gasteiger partial charge is 0.493 e. The molecule has 0 aliphatic carbocycles. The summed E-state index contributed by atoms with van der Waals surface area (Å²) in [5, 5.41) is 3.46. The molecule has 0 spiro atoms. The highest BCUT2D eigenvalue weighted by Crippen LogP contribution is 2.38. The first-order chi connectivity index (χ1) is 13.5. The number of thiocarbonyl (C=S) groups is 1. The van der Waals surface area contributed by atoms with Crippen molar-refractivity contribution in [3.63, 3.8) is 0 Å². The summed E-state index contributed by atoms with van der Waals surface area (Å²) < 4.78 is 17.1. The number of carbonyl (C=O) groups excluding carboxylic acids is 1. The summed E-state index contributed by atoms with van der Waals surface area (Å²) in [7, 11) is 1.52. The number of amides is 1. The van der Waals surface area contributed by atoms with Gasteiger partial charge in [0.05, 0.1) is 22.1 Å². The first kappa shape index (κ1) is 20.8. The van der Waals surface area contributed by atoms with Crippen LogP contribution in [0.25, 0.3) is 6.08 Å². The Labute approximate surface area is 181 Å². The van der Waals surface area contributed by atoms with Crippen molar-refractivity contribution in [1.29, 1.82) is 0 Å². The van der Waals surface area contributed by atoms with Crippen LogP contribution >= 0.6 is 47.2 Å². The van der Waals surface area contributed by atoms with Crippen molar-refractivity contribution in [2.24, 2.45) is 0 Å². The quantitative estimate of drug-likeness (QED) is 0.362. The van der Waals surface area contributed by atoms with Gasteiger partial charge < -0.3 is 19.5 Å². The maximum absolute atomic E-state index is 11.8. The average molecular weight is 456 g/mol. The van der Waals surface area contributed by atoms with E-state index in [-0.39, 0.29) is 19.1 Å². The van der Waals surface area contributed by atoms with Gasteiger partial charge >= 0.3 is 0 Å². The Morgan fingerprint density at radius 3 is 2.54 bits per heavy atom. The highest BCUT2D eigenvalue weighted by atomic mass is 35.5. The molecule has 146 valence electrons. The Kier molecular flexibility index (Phi) is 7.07. The molecule has 2 aromatic carbocycles. The van der Waals surface area contributed by atoms with Crippen molar-refractivity contribution in [1.82, 2.24) is 5.32 Å². The molecule has 0 bridgehead atoms. The second kappa shape index (κ2) is 9.52. The van der Waals surface area contributed by atoms with E-state index in [1.165, 1.54) is 18.9 Å². The van der Waals surface area contributed by atoms with Gasteiger partial charge in [-0.05, 0) is 35.9 Å². The van der Waals surface area contributed by atoms with Gasteiger partial charge in [-0.1, -0.05) is 59.3 Å². The monoisotopic (exact) mass is 455 g/mol. The van der Waals surface area contributed by atoms with Crippen LogP contribution in [0.3, 0.4) is 0 Å². The van der Waals surface area contributed by atoms with E-state index < -0.39 is 0 Å². The van der Waals surface area contributed by atoms with Gasteiger partial charge in [0.2, 0.25) is 0 Å². The van der Waals surface area contributed by atoms with E-state index in [2.05, 4.69) is 5.32 Å². The highest BCUT2D eigenvalue weighted by molar-refractivity contribution is 8.26. The Balaban J connectivity index is 1.68. The highest BCUT2D eigenvalue weighted by Gasteiger charge is 2.22. The number of benzene rings is 2. The lowest BCUT2D eigenvalue weighted by Gasteiger charge is -2.14. The van der Waals surface area contributed by atoms with Crippen LogP contribution in [0.1, 0.15) is 5.56 Å². The summed E-state index contributed by atoms with van der Waals surface area (Å²) in [6.45, 7) is 0.525. The Hall–Kier alpha value is -1.93. The molecule has 0 unspecified atom stereocenters. The van der Waals surface area contributed by atoms with E-state index >= 15 is 0 Å². The number of carbonyl (C=O) groups is 1. The molecule has 0 aromatic heterocycles. The second-order valence-corrected chi connectivity index (χ2v) is 8.05. The summed E-state index contributed by atoms with van der Waals surface area (Å²) in [6, 6.07) is 10.6. The van der Waals surface area contributed by atoms with E-state index in [1.54, 1.807) is 30.3 Å². The Morgan fingerprint density at radius 2 is 1.86 bits per heavy atom. The van der Waals surface area contributed by atoms with Crippen LogP contribution in [0, 0.1) is 0 Å². The summed E-state index contributed by atoms with van der Waals surface area (Å²) >= 11 is 18.6. The van der Waals surface area contributed by atoms with E-state index in [1.807, 2.05) is 12.1 Å². The zero-order valence-electron chi connectivity index (χ0n) is 14.7. The number of ether oxygens (including phenoxy) is 3. The zero-order chi connectivity index (χ0) is 20.1. The molecule has 5 nitrogen and oxygen atoms in total. The van der Waals surface area contributed by atoms with Crippen molar-refractivity contribution in [2.75, 3.05) is 20.3 Å². The van der Waals surface area contributed by atoms with Crippen molar-refractivity contribution in [3.8, 4) is 17.2 Å². The van der Waals surface area contributed by atoms with Gasteiger partial charge in [0.25, 0.3) is 5.91 Å². The molecule has 1 fully saturated rings. The molecule has 9 heteroatoms. The van der Waals surface area contributed by atoms with Crippen LogP contribution in [-0.4, -0.2) is 30.6 Å². The molecule has 1 heterocycles. The standard InChI is InChI=1S/C19H15Cl2NO4S2/c1-24-15-9-11(10-16-18(23)22-19(27)28-16)8-13(21)17(15)26-7-6-25-14-5-3-2-4-12(14)20/h2-5,8-10H,6-7H2,1H3,(H,22,23,27)/b16-10-. The smallest absolute Gasteiger partial charge is 0.263 e. The predicted octanol–water partition coefficient (Wildman–Crippen LogP) is 4.95. The molecule has 2 aromatic rings. The number of thioether (sulfide) groups is 1. The van der Waals surface area contributed by atoms with Crippen molar-refractivity contribution in [2.45, 2.75) is 0 Å². The third-order valence-corrected chi connectivity index (χ3v) is 5.37. The molecule has 0 atom stereocenters. The molecule has 1 N–H and O–H groups in total. The molecular weight excluding hydrogens is 441 g/mol. The number of methoxy groups -OCH3 is 1. The minimum absolute atomic E-state index is 0.234. The number of hydrogen-bond donors (Lipinski definition) is 1. The maximum Gasteiger partial charge on any atom is 0.263 e. The van der Waals surface area contributed by atoms with Crippen LogP contribution < -0.4 is 19.5 Å². The number of halogens is 2. The van der Waals surface area contributed by atoms with Crippen LogP contribution in [0.15, 0.2) is 41.3 Å². The van der Waals surface area contributed by atoms with Crippen molar-refractivity contribution < 1.29 is 19.0 Å². The summed E-state index contributed by atoms with van der Waals surface area (Å²) in [4.78, 5) is 12.3. The number of hydrogen-bond acceptors (Lipinski definition) is 6. The molecule has 1 amide bonds. The van der Waals surface area contributed by atoms with Crippen LogP contribution in [0.5, 0.6) is 17.2 Å². The first-order valence-corrected chi connectivity index (χ1v) is 10.1. The normalized spacial score (nSPS) is 14.9. The van der Waals surface area contributed by atoms with Gasteiger partial charge in [0, 0.05) is 0 Å². The lowest BCUT2D eigenvalue weighted by Crippen LogP contribution is -2.17.